The highest BCUT2D eigenvalue weighted by Crippen LogP contribution is 2.25. The van der Waals surface area contributed by atoms with Gasteiger partial charge in [-0.25, -0.2) is 4.98 Å². The van der Waals surface area contributed by atoms with Crippen LogP contribution >= 0.6 is 22.9 Å². The molecule has 2 aromatic rings. The average Bonchev–Trinajstić information content (AvgIpc) is 3.12. The first-order chi connectivity index (χ1) is 12.5. The Morgan fingerprint density at radius 2 is 2.00 bits per heavy atom. The van der Waals surface area contributed by atoms with Crippen LogP contribution in [0.3, 0.4) is 0 Å². The van der Waals surface area contributed by atoms with E-state index in [1.807, 2.05) is 42.6 Å². The van der Waals surface area contributed by atoms with Gasteiger partial charge in [-0.3, -0.25) is 4.79 Å². The van der Waals surface area contributed by atoms with E-state index >= 15 is 0 Å². The average molecular weight is 394 g/mol. The number of benzene rings is 1. The van der Waals surface area contributed by atoms with Crippen LogP contribution in [0.2, 0.25) is 5.02 Å². The summed E-state index contributed by atoms with van der Waals surface area (Å²) >= 11 is 7.62. The zero-order valence-electron chi connectivity index (χ0n) is 15.1. The molecule has 0 bridgehead atoms. The Morgan fingerprint density at radius 1 is 1.27 bits per heavy atom. The number of anilines is 2. The minimum atomic E-state index is -0.105. The molecule has 8 heteroatoms. The maximum absolute atomic E-state index is 12.2. The van der Waals surface area contributed by atoms with Crippen LogP contribution in [0.5, 0.6) is 0 Å². The van der Waals surface area contributed by atoms with Gasteiger partial charge in [-0.1, -0.05) is 17.7 Å². The van der Waals surface area contributed by atoms with E-state index in [1.54, 1.807) is 0 Å². The summed E-state index contributed by atoms with van der Waals surface area (Å²) in [5, 5.41) is 6.41. The van der Waals surface area contributed by atoms with Gasteiger partial charge >= 0.3 is 0 Å². The number of hydrogen-bond donors (Lipinski definition) is 1. The predicted octanol–water partition coefficient (Wildman–Crippen LogP) is 2.41. The van der Waals surface area contributed by atoms with Crippen molar-refractivity contribution < 1.29 is 4.79 Å². The first-order valence-electron chi connectivity index (χ1n) is 8.67. The summed E-state index contributed by atoms with van der Waals surface area (Å²) in [5.41, 5.74) is 1.65. The molecule has 0 spiro atoms. The summed E-state index contributed by atoms with van der Waals surface area (Å²) in [6.45, 7) is 5.00. The Hall–Kier alpha value is -1.83. The molecule has 1 aliphatic rings. The summed E-state index contributed by atoms with van der Waals surface area (Å²) in [6, 6.07) is 7.95. The van der Waals surface area contributed by atoms with Crippen LogP contribution < -0.4 is 15.1 Å². The number of carbonyl (C=O) groups excluding carboxylic acids is 1. The SMILES string of the molecule is CN(C)CCNC(=O)c1csc(N2CCN(c3cccc(Cl)c3)CC2)n1. The minimum absolute atomic E-state index is 0.105. The Morgan fingerprint density at radius 3 is 2.69 bits per heavy atom. The Balaban J connectivity index is 1.53. The van der Waals surface area contributed by atoms with Crippen LogP contribution in [0.4, 0.5) is 10.8 Å². The number of thiazole rings is 1. The molecular weight excluding hydrogens is 370 g/mol. The van der Waals surface area contributed by atoms with Gasteiger partial charge in [-0.05, 0) is 32.3 Å². The monoisotopic (exact) mass is 393 g/mol. The van der Waals surface area contributed by atoms with E-state index in [0.29, 0.717) is 12.2 Å². The van der Waals surface area contributed by atoms with E-state index < -0.39 is 0 Å². The van der Waals surface area contributed by atoms with Crippen molar-refractivity contribution in [2.24, 2.45) is 0 Å². The van der Waals surface area contributed by atoms with Gasteiger partial charge in [0.2, 0.25) is 0 Å². The van der Waals surface area contributed by atoms with Crippen LogP contribution in [-0.4, -0.2) is 69.2 Å². The molecule has 0 unspecified atom stereocenters. The second kappa shape index (κ2) is 8.70. The van der Waals surface area contributed by atoms with Crippen molar-refractivity contribution in [3.05, 3.63) is 40.4 Å². The summed E-state index contributed by atoms with van der Waals surface area (Å²) in [5.74, 6) is -0.105. The van der Waals surface area contributed by atoms with Crippen molar-refractivity contribution in [1.29, 1.82) is 0 Å². The molecular formula is C18H24ClN5OS. The fraction of sp³-hybridized carbons (Fsp3) is 0.444. The third-order valence-corrected chi connectivity index (χ3v) is 5.43. The molecule has 26 heavy (non-hydrogen) atoms. The van der Waals surface area contributed by atoms with Crippen LogP contribution in [-0.2, 0) is 0 Å². The minimum Gasteiger partial charge on any atom is -0.368 e. The lowest BCUT2D eigenvalue weighted by molar-refractivity contribution is 0.0947. The highest BCUT2D eigenvalue weighted by atomic mass is 35.5. The van der Waals surface area contributed by atoms with Gasteiger partial charge in [-0.2, -0.15) is 0 Å². The largest absolute Gasteiger partial charge is 0.368 e. The quantitative estimate of drug-likeness (QED) is 0.816. The number of halogens is 1. The number of nitrogens with one attached hydrogen (secondary N) is 1. The lowest BCUT2D eigenvalue weighted by atomic mass is 10.2. The van der Waals surface area contributed by atoms with E-state index in [4.69, 9.17) is 11.6 Å². The molecule has 140 valence electrons. The molecule has 1 fully saturated rings. The smallest absolute Gasteiger partial charge is 0.270 e. The maximum atomic E-state index is 12.2. The molecule has 0 saturated carbocycles. The molecule has 1 aliphatic heterocycles. The first-order valence-corrected chi connectivity index (χ1v) is 9.92. The first kappa shape index (κ1) is 18.9. The van der Waals surface area contributed by atoms with E-state index in [1.165, 1.54) is 11.3 Å². The van der Waals surface area contributed by atoms with E-state index in [2.05, 4.69) is 26.2 Å². The van der Waals surface area contributed by atoms with Gasteiger partial charge in [0.15, 0.2) is 5.13 Å². The zero-order valence-corrected chi connectivity index (χ0v) is 16.7. The van der Waals surface area contributed by atoms with Gasteiger partial charge in [0.05, 0.1) is 0 Å². The van der Waals surface area contributed by atoms with Crippen molar-refractivity contribution in [2.45, 2.75) is 0 Å². The molecule has 6 nitrogen and oxygen atoms in total. The second-order valence-electron chi connectivity index (χ2n) is 6.53. The third kappa shape index (κ3) is 4.87. The van der Waals surface area contributed by atoms with Crippen LogP contribution in [0, 0.1) is 0 Å². The standard InChI is InChI=1S/C18H24ClN5OS/c1-22(2)7-6-20-17(25)16-13-26-18(21-16)24-10-8-23(9-11-24)15-5-3-4-14(19)12-15/h3-5,12-13H,6-11H2,1-2H3,(H,20,25). The molecule has 0 radical (unpaired) electrons. The van der Waals surface area contributed by atoms with Crippen molar-refractivity contribution in [3.8, 4) is 0 Å². The van der Waals surface area contributed by atoms with Crippen molar-refractivity contribution in [3.63, 3.8) is 0 Å². The van der Waals surface area contributed by atoms with Crippen molar-refractivity contribution in [1.82, 2.24) is 15.2 Å². The summed E-state index contributed by atoms with van der Waals surface area (Å²) in [7, 11) is 3.96. The number of nitrogens with zero attached hydrogens (tertiary/aromatic N) is 4. The molecule has 1 amide bonds. The molecule has 1 aromatic carbocycles. The normalized spacial score (nSPS) is 14.8. The fourth-order valence-corrected chi connectivity index (χ4v) is 3.87. The van der Waals surface area contributed by atoms with Gasteiger partial charge in [0.25, 0.3) is 5.91 Å². The highest BCUT2D eigenvalue weighted by molar-refractivity contribution is 7.13. The Kier molecular flexibility index (Phi) is 6.34. The lowest BCUT2D eigenvalue weighted by Crippen LogP contribution is -2.46. The summed E-state index contributed by atoms with van der Waals surface area (Å²) < 4.78 is 0. The number of carbonyl (C=O) groups is 1. The van der Waals surface area contributed by atoms with Crippen LogP contribution in [0.15, 0.2) is 29.6 Å². The molecule has 1 N–H and O–H groups in total. The number of amides is 1. The van der Waals surface area contributed by atoms with E-state index in [0.717, 1.165) is 48.6 Å². The van der Waals surface area contributed by atoms with E-state index in [9.17, 15) is 4.79 Å². The van der Waals surface area contributed by atoms with Crippen molar-refractivity contribution in [2.75, 3.05) is 63.2 Å². The van der Waals surface area contributed by atoms with Crippen LogP contribution in [0.25, 0.3) is 0 Å². The second-order valence-corrected chi connectivity index (χ2v) is 7.80. The molecule has 1 aromatic heterocycles. The Labute approximate surface area is 163 Å². The Bertz CT molecular complexity index is 743. The number of rotatable bonds is 6. The van der Waals surface area contributed by atoms with Gasteiger partial charge in [0.1, 0.15) is 5.69 Å². The lowest BCUT2D eigenvalue weighted by Gasteiger charge is -2.36. The topological polar surface area (TPSA) is 51.7 Å². The highest BCUT2D eigenvalue weighted by Gasteiger charge is 2.21. The third-order valence-electron chi connectivity index (χ3n) is 4.29. The zero-order chi connectivity index (χ0) is 18.5. The van der Waals surface area contributed by atoms with Crippen LogP contribution in [0.1, 0.15) is 10.5 Å². The summed E-state index contributed by atoms with van der Waals surface area (Å²) in [4.78, 5) is 23.3. The van der Waals surface area contributed by atoms with Gasteiger partial charge in [0, 0.05) is 55.4 Å². The molecule has 0 aliphatic carbocycles. The van der Waals surface area contributed by atoms with Gasteiger partial charge < -0.3 is 20.0 Å². The molecule has 3 rings (SSSR count). The number of likely N-dealkylation sites (N-methyl/N-ethyl adjacent to an activating group) is 1. The summed E-state index contributed by atoms with van der Waals surface area (Å²) in [6.07, 6.45) is 0. The maximum Gasteiger partial charge on any atom is 0.270 e. The predicted molar refractivity (Wildman–Crippen MR) is 109 cm³/mol. The number of hydrogen-bond acceptors (Lipinski definition) is 6. The fourth-order valence-electron chi connectivity index (χ4n) is 2.83. The molecule has 0 atom stereocenters. The van der Waals surface area contributed by atoms with Crippen molar-refractivity contribution >= 4 is 39.7 Å². The number of piperazine rings is 1. The molecule has 2 heterocycles. The molecule has 1 saturated heterocycles. The number of aromatic nitrogens is 1. The van der Waals surface area contributed by atoms with E-state index in [-0.39, 0.29) is 5.91 Å². The van der Waals surface area contributed by atoms with Gasteiger partial charge in [-0.15, -0.1) is 11.3 Å².